The van der Waals surface area contributed by atoms with E-state index in [0.717, 1.165) is 32.2 Å². The van der Waals surface area contributed by atoms with Gasteiger partial charge in [-0.2, -0.15) is 11.8 Å². The molecule has 0 amide bonds. The van der Waals surface area contributed by atoms with E-state index in [2.05, 4.69) is 23.2 Å². The highest BCUT2D eigenvalue weighted by molar-refractivity contribution is 7.99. The zero-order chi connectivity index (χ0) is 12.7. The van der Waals surface area contributed by atoms with Gasteiger partial charge in [0.05, 0.1) is 5.75 Å². The predicted molar refractivity (Wildman–Crippen MR) is 75.0 cm³/mol. The molecule has 1 aliphatic carbocycles. The molecule has 0 aromatic rings. The molecule has 1 fully saturated rings. The fourth-order valence-corrected chi connectivity index (χ4v) is 4.44. The van der Waals surface area contributed by atoms with Gasteiger partial charge in [0.1, 0.15) is 0 Å². The maximum atomic E-state index is 11.9. The summed E-state index contributed by atoms with van der Waals surface area (Å²) in [5, 5.41) is 3.57. The minimum atomic E-state index is -3.11. The molecule has 0 aromatic carbocycles. The van der Waals surface area contributed by atoms with E-state index >= 15 is 0 Å². The molecule has 0 aliphatic heterocycles. The maximum Gasteiger partial charge on any atom is 0.213 e. The molecule has 0 spiro atoms. The van der Waals surface area contributed by atoms with Crippen LogP contribution in [0.15, 0.2) is 0 Å². The highest BCUT2D eigenvalue weighted by Crippen LogP contribution is 2.28. The molecule has 0 bridgehead atoms. The van der Waals surface area contributed by atoms with Gasteiger partial charge in [0.15, 0.2) is 0 Å². The van der Waals surface area contributed by atoms with Gasteiger partial charge >= 0.3 is 0 Å². The van der Waals surface area contributed by atoms with E-state index in [-0.39, 0.29) is 11.8 Å². The number of sulfonamides is 1. The van der Waals surface area contributed by atoms with Crippen LogP contribution in [0.4, 0.5) is 0 Å². The van der Waals surface area contributed by atoms with Crippen molar-refractivity contribution in [2.24, 2.45) is 0 Å². The Bertz CT molecular complexity index is 307. The molecule has 0 radical (unpaired) electrons. The fourth-order valence-electron chi connectivity index (χ4n) is 2.14. The highest BCUT2D eigenvalue weighted by atomic mass is 32.2. The second kappa shape index (κ2) is 7.61. The SMILES string of the molecule is CCCNCCS(=O)(=O)NC1CCCC1SC. The number of nitrogens with one attached hydrogen (secondary N) is 2. The van der Waals surface area contributed by atoms with Gasteiger partial charge in [0, 0.05) is 17.8 Å². The smallest absolute Gasteiger partial charge is 0.213 e. The quantitative estimate of drug-likeness (QED) is 0.656. The minimum Gasteiger partial charge on any atom is -0.316 e. The molecule has 102 valence electrons. The summed E-state index contributed by atoms with van der Waals surface area (Å²) >= 11 is 1.77. The molecule has 2 unspecified atom stereocenters. The molecule has 0 saturated heterocycles. The van der Waals surface area contributed by atoms with Gasteiger partial charge in [-0.15, -0.1) is 0 Å². The lowest BCUT2D eigenvalue weighted by Gasteiger charge is -2.19. The van der Waals surface area contributed by atoms with Crippen LogP contribution in [0, 0.1) is 0 Å². The summed E-state index contributed by atoms with van der Waals surface area (Å²) in [7, 11) is -3.11. The second-order valence-corrected chi connectivity index (χ2v) is 7.45. The Balaban J connectivity index is 2.33. The predicted octanol–water partition coefficient (Wildman–Crippen LogP) is 1.19. The first-order valence-corrected chi connectivity index (χ1v) is 9.26. The van der Waals surface area contributed by atoms with E-state index in [0.29, 0.717) is 11.8 Å². The Hall–Kier alpha value is 0.220. The Labute approximate surface area is 109 Å². The normalized spacial score (nSPS) is 25.3. The van der Waals surface area contributed by atoms with Crippen LogP contribution < -0.4 is 10.0 Å². The van der Waals surface area contributed by atoms with E-state index in [4.69, 9.17) is 0 Å². The molecule has 1 rings (SSSR count). The van der Waals surface area contributed by atoms with E-state index in [1.807, 2.05) is 0 Å². The average Bonchev–Trinajstić information content (AvgIpc) is 2.71. The van der Waals surface area contributed by atoms with E-state index in [9.17, 15) is 8.42 Å². The minimum absolute atomic E-state index is 0.140. The van der Waals surface area contributed by atoms with Gasteiger partial charge in [0.25, 0.3) is 0 Å². The van der Waals surface area contributed by atoms with E-state index < -0.39 is 10.0 Å². The molecule has 4 nitrogen and oxygen atoms in total. The third-order valence-electron chi connectivity index (χ3n) is 3.06. The van der Waals surface area contributed by atoms with Crippen LogP contribution in [0.5, 0.6) is 0 Å². The molecule has 1 saturated carbocycles. The molecule has 2 N–H and O–H groups in total. The lowest BCUT2D eigenvalue weighted by molar-refractivity contribution is 0.551. The van der Waals surface area contributed by atoms with Crippen LogP contribution in [0.25, 0.3) is 0 Å². The number of hydrogen-bond acceptors (Lipinski definition) is 4. The first-order chi connectivity index (χ1) is 8.09. The third-order valence-corrected chi connectivity index (χ3v) is 5.63. The lowest BCUT2D eigenvalue weighted by Crippen LogP contribution is -2.41. The second-order valence-electron chi connectivity index (χ2n) is 4.50. The standard InChI is InChI=1S/C11H24N2O2S2/c1-3-7-12-8-9-17(14,15)13-10-5-4-6-11(10)16-2/h10-13H,3-9H2,1-2H3. The van der Waals surface area contributed by atoms with Crippen molar-refractivity contribution in [1.82, 2.24) is 10.0 Å². The van der Waals surface area contributed by atoms with Crippen LogP contribution in [0.1, 0.15) is 32.6 Å². The van der Waals surface area contributed by atoms with E-state index in [1.165, 1.54) is 0 Å². The first kappa shape index (κ1) is 15.3. The summed E-state index contributed by atoms with van der Waals surface area (Å²) in [6.07, 6.45) is 6.33. The average molecular weight is 280 g/mol. The summed E-state index contributed by atoms with van der Waals surface area (Å²) in [4.78, 5) is 0. The molecule has 17 heavy (non-hydrogen) atoms. The molecular formula is C11H24N2O2S2. The summed E-state index contributed by atoms with van der Waals surface area (Å²) in [5.74, 6) is 0.185. The molecule has 0 aromatic heterocycles. The molecule has 1 aliphatic rings. The van der Waals surface area contributed by atoms with Crippen LogP contribution >= 0.6 is 11.8 Å². The Morgan fingerprint density at radius 2 is 2.06 bits per heavy atom. The van der Waals surface area contributed by atoms with Gasteiger partial charge < -0.3 is 5.32 Å². The van der Waals surface area contributed by atoms with Crippen LogP contribution in [0.3, 0.4) is 0 Å². The summed E-state index contributed by atoms with van der Waals surface area (Å²) in [6.45, 7) is 3.49. The fraction of sp³-hybridized carbons (Fsp3) is 1.00. The van der Waals surface area contributed by atoms with Crippen molar-refractivity contribution in [1.29, 1.82) is 0 Å². The van der Waals surface area contributed by atoms with Crippen molar-refractivity contribution in [2.75, 3.05) is 25.1 Å². The van der Waals surface area contributed by atoms with Crippen molar-refractivity contribution in [2.45, 2.75) is 43.9 Å². The van der Waals surface area contributed by atoms with Gasteiger partial charge in [-0.05, 0) is 32.1 Å². The Morgan fingerprint density at radius 3 is 2.71 bits per heavy atom. The lowest BCUT2D eigenvalue weighted by atomic mass is 10.3. The first-order valence-electron chi connectivity index (χ1n) is 6.32. The molecule has 0 heterocycles. The van der Waals surface area contributed by atoms with Crippen molar-refractivity contribution >= 4 is 21.8 Å². The topological polar surface area (TPSA) is 58.2 Å². The van der Waals surface area contributed by atoms with Gasteiger partial charge in [0.2, 0.25) is 10.0 Å². The molecular weight excluding hydrogens is 256 g/mol. The molecule has 2 atom stereocenters. The third kappa shape index (κ3) is 5.59. The zero-order valence-electron chi connectivity index (χ0n) is 10.7. The molecule has 6 heteroatoms. The van der Waals surface area contributed by atoms with Crippen LogP contribution in [0.2, 0.25) is 0 Å². The monoisotopic (exact) mass is 280 g/mol. The number of rotatable bonds is 8. The maximum absolute atomic E-state index is 11.9. The summed E-state index contributed by atoms with van der Waals surface area (Å²) in [5.41, 5.74) is 0. The number of thioether (sulfide) groups is 1. The van der Waals surface area contributed by atoms with Crippen molar-refractivity contribution < 1.29 is 8.42 Å². The van der Waals surface area contributed by atoms with E-state index in [1.54, 1.807) is 11.8 Å². The van der Waals surface area contributed by atoms with Crippen molar-refractivity contribution in [3.8, 4) is 0 Å². The van der Waals surface area contributed by atoms with Crippen molar-refractivity contribution in [3.63, 3.8) is 0 Å². The van der Waals surface area contributed by atoms with Crippen LogP contribution in [-0.2, 0) is 10.0 Å². The van der Waals surface area contributed by atoms with Gasteiger partial charge in [-0.25, -0.2) is 13.1 Å². The summed E-state index contributed by atoms with van der Waals surface area (Å²) in [6, 6.07) is 0.140. The van der Waals surface area contributed by atoms with Gasteiger partial charge in [-0.3, -0.25) is 0 Å². The van der Waals surface area contributed by atoms with Gasteiger partial charge in [-0.1, -0.05) is 13.3 Å². The van der Waals surface area contributed by atoms with Crippen LogP contribution in [-0.4, -0.2) is 44.8 Å². The number of hydrogen-bond donors (Lipinski definition) is 2. The Morgan fingerprint density at radius 1 is 1.29 bits per heavy atom. The highest BCUT2D eigenvalue weighted by Gasteiger charge is 2.29. The summed E-state index contributed by atoms with van der Waals surface area (Å²) < 4.78 is 26.5. The largest absolute Gasteiger partial charge is 0.316 e. The Kier molecular flexibility index (Phi) is 6.84. The van der Waals surface area contributed by atoms with Crippen molar-refractivity contribution in [3.05, 3.63) is 0 Å². The zero-order valence-corrected chi connectivity index (χ0v) is 12.4.